The lowest BCUT2D eigenvalue weighted by Gasteiger charge is -2.37. The Bertz CT molecular complexity index is 1120. The number of amides is 1. The molecule has 0 radical (unpaired) electrons. The number of benzene rings is 3. The third kappa shape index (κ3) is 4.01. The van der Waals surface area contributed by atoms with E-state index < -0.39 is 0 Å². The van der Waals surface area contributed by atoms with Gasteiger partial charge >= 0.3 is 0 Å². The molecule has 0 aromatic heterocycles. The van der Waals surface area contributed by atoms with E-state index >= 15 is 0 Å². The van der Waals surface area contributed by atoms with Crippen molar-refractivity contribution in [1.29, 1.82) is 0 Å². The molecule has 1 amide bonds. The molecule has 3 aromatic rings. The predicted octanol–water partition coefficient (Wildman–Crippen LogP) is 5.84. The van der Waals surface area contributed by atoms with Gasteiger partial charge in [-0.25, -0.2) is 0 Å². The fourth-order valence-corrected chi connectivity index (χ4v) is 4.84. The highest BCUT2D eigenvalue weighted by atomic mass is 16.5. The first-order valence-electron chi connectivity index (χ1n) is 11.3. The normalized spacial score (nSPS) is 20.7. The Labute approximate surface area is 189 Å². The molecule has 162 valence electrons. The van der Waals surface area contributed by atoms with Crippen LogP contribution in [0.2, 0.25) is 0 Å². The number of carbonyl (C=O) groups is 1. The van der Waals surface area contributed by atoms with Crippen molar-refractivity contribution in [3.05, 3.63) is 107 Å². The van der Waals surface area contributed by atoms with Crippen LogP contribution in [0.5, 0.6) is 5.75 Å². The van der Waals surface area contributed by atoms with Crippen LogP contribution in [-0.2, 0) is 6.61 Å². The van der Waals surface area contributed by atoms with E-state index in [2.05, 4.69) is 65.3 Å². The van der Waals surface area contributed by atoms with Crippen LogP contribution in [0, 0.1) is 5.92 Å². The van der Waals surface area contributed by atoms with Crippen LogP contribution in [0.25, 0.3) is 0 Å². The molecule has 4 nitrogen and oxygen atoms in total. The second-order valence-electron chi connectivity index (χ2n) is 8.48. The maximum atomic E-state index is 12.3. The van der Waals surface area contributed by atoms with Gasteiger partial charge in [0, 0.05) is 23.7 Å². The molecular formula is C28H28N2O2. The summed E-state index contributed by atoms with van der Waals surface area (Å²) in [6.07, 6.45) is 5.60. The second kappa shape index (κ2) is 8.91. The Morgan fingerprint density at radius 2 is 1.88 bits per heavy atom. The number of nitrogens with one attached hydrogen (secondary N) is 2. The third-order valence-electron chi connectivity index (χ3n) is 6.45. The molecule has 4 heteroatoms. The van der Waals surface area contributed by atoms with Gasteiger partial charge in [0.1, 0.15) is 12.4 Å². The number of allylic oxidation sites excluding steroid dienone is 2. The van der Waals surface area contributed by atoms with Gasteiger partial charge in [0.15, 0.2) is 0 Å². The quantitative estimate of drug-likeness (QED) is 0.489. The van der Waals surface area contributed by atoms with E-state index in [0.717, 1.165) is 29.0 Å². The summed E-state index contributed by atoms with van der Waals surface area (Å²) in [5.74, 6) is 1.62. The number of anilines is 1. The van der Waals surface area contributed by atoms with Crippen molar-refractivity contribution in [2.75, 3.05) is 11.9 Å². The maximum absolute atomic E-state index is 12.3. The van der Waals surface area contributed by atoms with Gasteiger partial charge in [-0.15, -0.1) is 0 Å². The summed E-state index contributed by atoms with van der Waals surface area (Å²) >= 11 is 0. The second-order valence-corrected chi connectivity index (χ2v) is 8.48. The highest BCUT2D eigenvalue weighted by Crippen LogP contribution is 2.50. The largest absolute Gasteiger partial charge is 0.489 e. The fraction of sp³-hybridized carbons (Fsp3) is 0.250. The molecule has 32 heavy (non-hydrogen) atoms. The Hall–Kier alpha value is -3.53. The number of carbonyl (C=O) groups excluding carboxylic acids is 1. The maximum Gasteiger partial charge on any atom is 0.251 e. The van der Waals surface area contributed by atoms with Crippen molar-refractivity contribution in [2.45, 2.75) is 31.9 Å². The Morgan fingerprint density at radius 3 is 2.66 bits per heavy atom. The summed E-state index contributed by atoms with van der Waals surface area (Å²) in [5.41, 5.74) is 5.47. The average Bonchev–Trinajstić information content (AvgIpc) is 3.33. The fourth-order valence-electron chi connectivity index (χ4n) is 4.84. The molecule has 3 aromatic carbocycles. The topological polar surface area (TPSA) is 50.4 Å². The molecule has 0 fully saturated rings. The number of hydrogen-bond donors (Lipinski definition) is 2. The predicted molar refractivity (Wildman–Crippen MR) is 128 cm³/mol. The average molecular weight is 425 g/mol. The van der Waals surface area contributed by atoms with E-state index in [1.807, 2.05) is 37.3 Å². The van der Waals surface area contributed by atoms with E-state index in [1.165, 1.54) is 11.1 Å². The van der Waals surface area contributed by atoms with E-state index in [1.54, 1.807) is 0 Å². The van der Waals surface area contributed by atoms with Crippen LogP contribution in [0.4, 0.5) is 5.69 Å². The van der Waals surface area contributed by atoms with E-state index in [-0.39, 0.29) is 11.9 Å². The van der Waals surface area contributed by atoms with Crippen LogP contribution >= 0.6 is 0 Å². The summed E-state index contributed by atoms with van der Waals surface area (Å²) in [6, 6.07) is 24.9. The minimum absolute atomic E-state index is 0.0120. The lowest BCUT2D eigenvalue weighted by Crippen LogP contribution is -2.30. The molecule has 2 aliphatic rings. The van der Waals surface area contributed by atoms with Gasteiger partial charge in [0.05, 0.1) is 6.04 Å². The minimum atomic E-state index is -0.0120. The zero-order valence-corrected chi connectivity index (χ0v) is 18.3. The van der Waals surface area contributed by atoms with Gasteiger partial charge in [-0.05, 0) is 66.3 Å². The van der Waals surface area contributed by atoms with Crippen molar-refractivity contribution >= 4 is 11.6 Å². The molecule has 2 N–H and O–H groups in total. The molecular weight excluding hydrogens is 396 g/mol. The summed E-state index contributed by atoms with van der Waals surface area (Å²) in [5, 5.41) is 6.65. The van der Waals surface area contributed by atoms with E-state index in [0.29, 0.717) is 25.0 Å². The first-order chi connectivity index (χ1) is 15.7. The molecule has 0 saturated heterocycles. The molecule has 3 unspecified atom stereocenters. The van der Waals surface area contributed by atoms with Crippen LogP contribution in [0.3, 0.4) is 0 Å². The Kier molecular flexibility index (Phi) is 5.68. The van der Waals surface area contributed by atoms with Gasteiger partial charge in [-0.3, -0.25) is 4.79 Å². The van der Waals surface area contributed by atoms with Gasteiger partial charge in [-0.2, -0.15) is 0 Å². The van der Waals surface area contributed by atoms with Crippen molar-refractivity contribution in [2.24, 2.45) is 5.92 Å². The summed E-state index contributed by atoms with van der Waals surface area (Å²) in [7, 11) is 0. The monoisotopic (exact) mass is 424 g/mol. The van der Waals surface area contributed by atoms with Crippen LogP contribution in [-0.4, -0.2) is 12.5 Å². The number of fused-ring (bicyclic) bond motifs is 3. The molecule has 0 bridgehead atoms. The Balaban J connectivity index is 1.34. The van der Waals surface area contributed by atoms with Crippen molar-refractivity contribution in [3.8, 4) is 5.75 Å². The van der Waals surface area contributed by atoms with Crippen molar-refractivity contribution in [1.82, 2.24) is 5.32 Å². The Morgan fingerprint density at radius 1 is 1.06 bits per heavy atom. The van der Waals surface area contributed by atoms with Crippen LogP contribution < -0.4 is 15.4 Å². The minimum Gasteiger partial charge on any atom is -0.489 e. The van der Waals surface area contributed by atoms with Gasteiger partial charge in [-0.1, -0.05) is 54.6 Å². The van der Waals surface area contributed by atoms with Crippen LogP contribution in [0.15, 0.2) is 84.9 Å². The summed E-state index contributed by atoms with van der Waals surface area (Å²) in [6.45, 7) is 3.14. The molecule has 1 aliphatic heterocycles. The van der Waals surface area contributed by atoms with Crippen LogP contribution in [0.1, 0.15) is 52.4 Å². The molecule has 1 aliphatic carbocycles. The SMILES string of the molecule is CCNC(=O)c1ccc2c(c1)C1C=CCC1C(c1ccc(OCc3ccccc3)cc1)N2. The number of rotatable bonds is 6. The highest BCUT2D eigenvalue weighted by Gasteiger charge is 2.38. The smallest absolute Gasteiger partial charge is 0.251 e. The number of ether oxygens (including phenoxy) is 1. The third-order valence-corrected chi connectivity index (χ3v) is 6.45. The first-order valence-corrected chi connectivity index (χ1v) is 11.3. The standard InChI is InChI=1S/C28H28N2O2/c1-2-29-28(31)21-13-16-26-25(17-21)23-9-6-10-24(23)27(30-26)20-11-14-22(15-12-20)32-18-19-7-4-3-5-8-19/h3-9,11-17,23-24,27,30H,2,10,18H2,1H3,(H,29,31). The molecule has 3 atom stereocenters. The molecule has 0 spiro atoms. The molecule has 0 saturated carbocycles. The van der Waals surface area contributed by atoms with Gasteiger partial charge in [0.2, 0.25) is 0 Å². The van der Waals surface area contributed by atoms with E-state index in [4.69, 9.17) is 4.74 Å². The zero-order valence-electron chi connectivity index (χ0n) is 18.3. The highest BCUT2D eigenvalue weighted by molar-refractivity contribution is 5.95. The summed E-state index contributed by atoms with van der Waals surface area (Å²) in [4.78, 5) is 12.3. The van der Waals surface area contributed by atoms with Crippen molar-refractivity contribution in [3.63, 3.8) is 0 Å². The van der Waals surface area contributed by atoms with Gasteiger partial charge < -0.3 is 15.4 Å². The summed E-state index contributed by atoms with van der Waals surface area (Å²) < 4.78 is 5.96. The zero-order chi connectivity index (χ0) is 21.9. The molecule has 1 heterocycles. The van der Waals surface area contributed by atoms with Crippen molar-refractivity contribution < 1.29 is 9.53 Å². The van der Waals surface area contributed by atoms with E-state index in [9.17, 15) is 4.79 Å². The lowest BCUT2D eigenvalue weighted by molar-refractivity contribution is 0.0955. The first kappa shape index (κ1) is 20.4. The lowest BCUT2D eigenvalue weighted by atomic mass is 9.76. The number of hydrogen-bond acceptors (Lipinski definition) is 3. The van der Waals surface area contributed by atoms with Gasteiger partial charge in [0.25, 0.3) is 5.91 Å². The molecule has 5 rings (SSSR count).